The maximum atomic E-state index is 12.4. The Labute approximate surface area is 190 Å². The molecule has 0 spiro atoms. The van der Waals surface area contributed by atoms with Gasteiger partial charge < -0.3 is 24.8 Å². The molecule has 3 aromatic rings. The van der Waals surface area contributed by atoms with Crippen LogP contribution >= 0.6 is 11.3 Å². The van der Waals surface area contributed by atoms with E-state index in [0.29, 0.717) is 41.1 Å². The minimum atomic E-state index is -0.556. The highest BCUT2D eigenvalue weighted by atomic mass is 32.1. The fraction of sp³-hybridized carbons (Fsp3) is 0.261. The smallest absolute Gasteiger partial charge is 0.325 e. The fourth-order valence-electron chi connectivity index (χ4n) is 2.73. The molecule has 9 heteroatoms. The van der Waals surface area contributed by atoms with Crippen LogP contribution in [0.3, 0.4) is 0 Å². The van der Waals surface area contributed by atoms with Crippen molar-refractivity contribution in [2.45, 2.75) is 20.5 Å². The van der Waals surface area contributed by atoms with E-state index in [1.54, 1.807) is 18.2 Å². The van der Waals surface area contributed by atoms with E-state index in [1.165, 1.54) is 11.3 Å². The first kappa shape index (κ1) is 23.1. The van der Waals surface area contributed by atoms with Crippen molar-refractivity contribution in [1.82, 2.24) is 10.3 Å². The molecular formula is C23H25N3O5S. The van der Waals surface area contributed by atoms with Crippen LogP contribution in [0.5, 0.6) is 11.5 Å². The van der Waals surface area contributed by atoms with Crippen LogP contribution in [0.25, 0.3) is 0 Å². The van der Waals surface area contributed by atoms with Crippen LogP contribution < -0.4 is 20.1 Å². The molecule has 0 atom stereocenters. The number of ether oxygens (including phenoxy) is 3. The molecule has 2 N–H and O–H groups in total. The van der Waals surface area contributed by atoms with E-state index >= 15 is 0 Å². The van der Waals surface area contributed by atoms with E-state index in [-0.39, 0.29) is 13.2 Å². The van der Waals surface area contributed by atoms with Gasteiger partial charge in [-0.3, -0.25) is 9.59 Å². The molecule has 0 radical (unpaired) electrons. The number of hydrogen-bond donors (Lipinski definition) is 2. The Balaban J connectivity index is 1.46. The lowest BCUT2D eigenvalue weighted by atomic mass is 10.2. The summed E-state index contributed by atoms with van der Waals surface area (Å²) < 4.78 is 16.2. The quantitative estimate of drug-likeness (QED) is 0.419. The average Bonchev–Trinajstić information content (AvgIpc) is 3.25. The number of aromatic nitrogens is 1. The third-order valence-electron chi connectivity index (χ3n) is 4.16. The molecule has 0 saturated carbocycles. The number of thiazole rings is 1. The van der Waals surface area contributed by atoms with Crippen LogP contribution in [0.15, 0.2) is 53.9 Å². The van der Waals surface area contributed by atoms with E-state index in [1.807, 2.05) is 49.6 Å². The first-order valence-corrected chi connectivity index (χ1v) is 11.1. The van der Waals surface area contributed by atoms with Gasteiger partial charge in [0.2, 0.25) is 0 Å². The Kier molecular flexibility index (Phi) is 8.44. The molecule has 168 valence electrons. The number of nitrogens with zero attached hydrogens (tertiary/aromatic N) is 1. The zero-order valence-electron chi connectivity index (χ0n) is 17.9. The Hall–Kier alpha value is -3.59. The highest BCUT2D eigenvalue weighted by Gasteiger charge is 2.13. The highest BCUT2D eigenvalue weighted by molar-refractivity contribution is 7.13. The van der Waals surface area contributed by atoms with Gasteiger partial charge in [0.25, 0.3) is 5.91 Å². The maximum Gasteiger partial charge on any atom is 0.325 e. The van der Waals surface area contributed by atoms with Crippen molar-refractivity contribution < 1.29 is 23.8 Å². The third kappa shape index (κ3) is 6.71. The molecule has 1 heterocycles. The van der Waals surface area contributed by atoms with Gasteiger partial charge in [-0.1, -0.05) is 18.2 Å². The summed E-state index contributed by atoms with van der Waals surface area (Å²) >= 11 is 1.42. The van der Waals surface area contributed by atoms with Crippen molar-refractivity contribution in [2.24, 2.45) is 0 Å². The summed E-state index contributed by atoms with van der Waals surface area (Å²) in [4.78, 5) is 28.8. The molecule has 3 rings (SSSR count). The number of esters is 1. The van der Waals surface area contributed by atoms with Gasteiger partial charge in [0.15, 0.2) is 16.6 Å². The van der Waals surface area contributed by atoms with Crippen LogP contribution in [0.4, 0.5) is 10.8 Å². The standard InChI is InChI=1S/C23H25N3O5S/c1-3-29-19-11-10-16(12-20(19)30-4-2)22(28)24-13-21(27)31-14-18-15-32-23(26-18)25-17-8-6-5-7-9-17/h5-12,15H,3-4,13-14H2,1-2H3,(H,24,28)(H,25,26). The van der Waals surface area contributed by atoms with Crippen LogP contribution in [0, 0.1) is 0 Å². The molecule has 0 bridgehead atoms. The lowest BCUT2D eigenvalue weighted by Gasteiger charge is -2.12. The van der Waals surface area contributed by atoms with Crippen LogP contribution in [0.2, 0.25) is 0 Å². The Morgan fingerprint density at radius 2 is 1.75 bits per heavy atom. The number of amides is 1. The molecule has 0 aliphatic carbocycles. The lowest BCUT2D eigenvalue weighted by molar-refractivity contribution is -0.143. The Morgan fingerprint density at radius 3 is 2.50 bits per heavy atom. The Morgan fingerprint density at radius 1 is 1.00 bits per heavy atom. The van der Waals surface area contributed by atoms with Crippen LogP contribution in [0.1, 0.15) is 29.9 Å². The number of carbonyl (C=O) groups is 2. The first-order chi connectivity index (χ1) is 15.6. The number of hydrogen-bond acceptors (Lipinski definition) is 8. The van der Waals surface area contributed by atoms with E-state index in [0.717, 1.165) is 5.69 Å². The van der Waals surface area contributed by atoms with E-state index < -0.39 is 11.9 Å². The van der Waals surface area contributed by atoms with Gasteiger partial charge in [0.05, 0.1) is 18.9 Å². The molecular weight excluding hydrogens is 430 g/mol. The third-order valence-corrected chi connectivity index (χ3v) is 4.96. The summed E-state index contributed by atoms with van der Waals surface area (Å²) in [5.41, 5.74) is 1.91. The zero-order chi connectivity index (χ0) is 22.8. The Bertz CT molecular complexity index is 1040. The van der Waals surface area contributed by atoms with Gasteiger partial charge in [0.1, 0.15) is 13.2 Å². The van der Waals surface area contributed by atoms with Crippen molar-refractivity contribution in [3.05, 3.63) is 65.2 Å². The predicted molar refractivity (Wildman–Crippen MR) is 123 cm³/mol. The minimum absolute atomic E-state index is 0.0270. The topological polar surface area (TPSA) is 98.8 Å². The molecule has 0 aliphatic rings. The molecule has 0 saturated heterocycles. The first-order valence-electron chi connectivity index (χ1n) is 10.2. The lowest BCUT2D eigenvalue weighted by Crippen LogP contribution is -2.30. The van der Waals surface area contributed by atoms with Gasteiger partial charge in [-0.05, 0) is 44.2 Å². The second kappa shape index (κ2) is 11.7. The number of para-hydroxylation sites is 1. The van der Waals surface area contributed by atoms with Crippen LogP contribution in [-0.4, -0.2) is 36.6 Å². The molecule has 0 fully saturated rings. The summed E-state index contributed by atoms with van der Waals surface area (Å²) in [7, 11) is 0. The monoisotopic (exact) mass is 455 g/mol. The van der Waals surface area contributed by atoms with Crippen molar-refractivity contribution >= 4 is 34.0 Å². The second-order valence-corrected chi connectivity index (χ2v) is 7.36. The zero-order valence-corrected chi connectivity index (χ0v) is 18.7. The minimum Gasteiger partial charge on any atom is -0.490 e. The van der Waals surface area contributed by atoms with E-state index in [2.05, 4.69) is 15.6 Å². The number of anilines is 2. The molecule has 32 heavy (non-hydrogen) atoms. The highest BCUT2D eigenvalue weighted by Crippen LogP contribution is 2.28. The average molecular weight is 456 g/mol. The number of carbonyl (C=O) groups excluding carboxylic acids is 2. The summed E-state index contributed by atoms with van der Waals surface area (Å²) in [6.45, 7) is 4.42. The fourth-order valence-corrected chi connectivity index (χ4v) is 3.44. The van der Waals surface area contributed by atoms with Crippen molar-refractivity contribution in [3.63, 3.8) is 0 Å². The van der Waals surface area contributed by atoms with E-state index in [9.17, 15) is 9.59 Å². The summed E-state index contributed by atoms with van der Waals surface area (Å²) in [6, 6.07) is 14.5. The van der Waals surface area contributed by atoms with Gasteiger partial charge >= 0.3 is 5.97 Å². The summed E-state index contributed by atoms with van der Waals surface area (Å²) in [5, 5.41) is 8.26. The summed E-state index contributed by atoms with van der Waals surface area (Å²) in [5.74, 6) is 0.0802. The van der Waals surface area contributed by atoms with Gasteiger partial charge in [-0.15, -0.1) is 11.3 Å². The number of nitrogens with one attached hydrogen (secondary N) is 2. The maximum absolute atomic E-state index is 12.4. The molecule has 0 aliphatic heterocycles. The molecule has 2 aromatic carbocycles. The van der Waals surface area contributed by atoms with Crippen molar-refractivity contribution in [1.29, 1.82) is 0 Å². The SMILES string of the molecule is CCOc1ccc(C(=O)NCC(=O)OCc2csc(Nc3ccccc3)n2)cc1OCC. The molecule has 8 nitrogen and oxygen atoms in total. The molecule has 1 amide bonds. The predicted octanol–water partition coefficient (Wildman–Crippen LogP) is 4.16. The largest absolute Gasteiger partial charge is 0.490 e. The number of rotatable bonds is 11. The molecule has 0 unspecified atom stereocenters. The normalized spacial score (nSPS) is 10.3. The molecule has 1 aromatic heterocycles. The van der Waals surface area contributed by atoms with Crippen LogP contribution in [-0.2, 0) is 16.1 Å². The van der Waals surface area contributed by atoms with Crippen molar-refractivity contribution in [2.75, 3.05) is 25.1 Å². The van der Waals surface area contributed by atoms with Gasteiger partial charge in [-0.2, -0.15) is 0 Å². The second-order valence-electron chi connectivity index (χ2n) is 6.51. The van der Waals surface area contributed by atoms with Gasteiger partial charge in [0, 0.05) is 16.6 Å². The summed E-state index contributed by atoms with van der Waals surface area (Å²) in [6.07, 6.45) is 0. The number of benzene rings is 2. The van der Waals surface area contributed by atoms with Crippen molar-refractivity contribution in [3.8, 4) is 11.5 Å². The van der Waals surface area contributed by atoms with Gasteiger partial charge in [-0.25, -0.2) is 4.98 Å². The van der Waals surface area contributed by atoms with E-state index in [4.69, 9.17) is 14.2 Å².